The minimum absolute atomic E-state index is 0.188. The minimum Gasteiger partial charge on any atom is -0.317 e. The molecule has 0 saturated heterocycles. The molecule has 0 unspecified atom stereocenters. The molecular formula is C9H10ClN3O. The molecule has 1 saturated carbocycles. The Labute approximate surface area is 86.5 Å². The molecule has 1 aliphatic carbocycles. The van der Waals surface area contributed by atoms with Crippen LogP contribution in [0.3, 0.4) is 0 Å². The summed E-state index contributed by atoms with van der Waals surface area (Å²) in [5.41, 5.74) is 5.03. The lowest BCUT2D eigenvalue weighted by molar-refractivity contribution is -0.118. The first-order valence-electron chi connectivity index (χ1n) is 4.32. The molecule has 2 rings (SSSR count). The number of aromatic nitrogens is 1. The topological polar surface area (TPSA) is 68.0 Å². The molecule has 14 heavy (non-hydrogen) atoms. The number of hydrogen-bond donors (Lipinski definition) is 2. The quantitative estimate of drug-likeness (QED) is 0.772. The molecule has 1 aliphatic rings. The SMILES string of the molecule is NC1(C(=O)Nc2cc(Cl)ccn2)CC1. The average Bonchev–Trinajstić information content (AvgIpc) is 2.85. The van der Waals surface area contributed by atoms with Crippen molar-refractivity contribution < 1.29 is 4.79 Å². The normalized spacial score (nSPS) is 17.6. The van der Waals surface area contributed by atoms with Gasteiger partial charge in [0.25, 0.3) is 0 Å². The summed E-state index contributed by atoms with van der Waals surface area (Å²) in [6, 6.07) is 3.23. The number of nitrogens with one attached hydrogen (secondary N) is 1. The van der Waals surface area contributed by atoms with E-state index in [2.05, 4.69) is 10.3 Å². The van der Waals surface area contributed by atoms with Crippen LogP contribution >= 0.6 is 11.6 Å². The molecule has 0 atom stereocenters. The Kier molecular flexibility index (Phi) is 2.17. The molecule has 4 nitrogen and oxygen atoms in total. The molecule has 1 aromatic rings. The van der Waals surface area contributed by atoms with Gasteiger partial charge in [0, 0.05) is 11.2 Å². The molecule has 1 heterocycles. The van der Waals surface area contributed by atoms with E-state index in [1.807, 2.05) is 0 Å². The van der Waals surface area contributed by atoms with E-state index in [9.17, 15) is 4.79 Å². The van der Waals surface area contributed by atoms with Gasteiger partial charge in [0.1, 0.15) is 5.82 Å². The third-order valence-electron chi connectivity index (χ3n) is 2.20. The van der Waals surface area contributed by atoms with Crippen LogP contribution in [0.5, 0.6) is 0 Å². The standard InChI is InChI=1S/C9H10ClN3O/c10-6-1-4-12-7(5-6)13-8(14)9(11)2-3-9/h1,4-5H,2-3,11H2,(H,12,13,14). The fraction of sp³-hybridized carbons (Fsp3) is 0.333. The first-order chi connectivity index (χ1) is 6.60. The molecule has 0 spiro atoms. The fourth-order valence-electron chi connectivity index (χ4n) is 1.08. The maximum atomic E-state index is 11.5. The first kappa shape index (κ1) is 9.43. The summed E-state index contributed by atoms with van der Waals surface area (Å²) in [7, 11) is 0. The zero-order valence-corrected chi connectivity index (χ0v) is 8.21. The van der Waals surface area contributed by atoms with E-state index in [1.165, 1.54) is 6.20 Å². The van der Waals surface area contributed by atoms with Gasteiger partial charge >= 0.3 is 0 Å². The van der Waals surface area contributed by atoms with Gasteiger partial charge in [0.2, 0.25) is 5.91 Å². The lowest BCUT2D eigenvalue weighted by Gasteiger charge is -2.08. The van der Waals surface area contributed by atoms with Crippen LogP contribution in [0.15, 0.2) is 18.3 Å². The van der Waals surface area contributed by atoms with Gasteiger partial charge in [-0.05, 0) is 25.0 Å². The number of amides is 1. The van der Waals surface area contributed by atoms with Crippen molar-refractivity contribution in [2.45, 2.75) is 18.4 Å². The van der Waals surface area contributed by atoms with Crippen LogP contribution in [-0.2, 0) is 4.79 Å². The van der Waals surface area contributed by atoms with Crippen LogP contribution in [-0.4, -0.2) is 16.4 Å². The van der Waals surface area contributed by atoms with E-state index in [-0.39, 0.29) is 5.91 Å². The van der Waals surface area contributed by atoms with Gasteiger partial charge in [-0.2, -0.15) is 0 Å². The highest BCUT2D eigenvalue weighted by Gasteiger charge is 2.46. The highest BCUT2D eigenvalue weighted by Crippen LogP contribution is 2.33. The summed E-state index contributed by atoms with van der Waals surface area (Å²) in [6.07, 6.45) is 3.01. The van der Waals surface area contributed by atoms with Crippen molar-refractivity contribution in [2.75, 3.05) is 5.32 Å². The number of carbonyl (C=O) groups excluding carboxylic acids is 1. The highest BCUT2D eigenvalue weighted by molar-refractivity contribution is 6.30. The smallest absolute Gasteiger partial charge is 0.245 e. The maximum Gasteiger partial charge on any atom is 0.245 e. The number of pyridine rings is 1. The van der Waals surface area contributed by atoms with E-state index >= 15 is 0 Å². The number of anilines is 1. The number of carbonyl (C=O) groups is 1. The van der Waals surface area contributed by atoms with Gasteiger partial charge in [0.15, 0.2) is 0 Å². The Bertz CT molecular complexity index is 376. The molecule has 1 amide bonds. The predicted molar refractivity (Wildman–Crippen MR) is 54.0 cm³/mol. The second-order valence-electron chi connectivity index (χ2n) is 3.47. The third kappa shape index (κ3) is 1.86. The number of rotatable bonds is 2. The molecule has 1 aromatic heterocycles. The largest absolute Gasteiger partial charge is 0.317 e. The number of nitrogens with zero attached hydrogens (tertiary/aromatic N) is 1. The monoisotopic (exact) mass is 211 g/mol. The summed E-state index contributed by atoms with van der Waals surface area (Å²) in [4.78, 5) is 15.4. The molecule has 0 aliphatic heterocycles. The molecule has 74 valence electrons. The zero-order chi connectivity index (χ0) is 10.2. The van der Waals surface area contributed by atoms with Gasteiger partial charge in [-0.15, -0.1) is 0 Å². The predicted octanol–water partition coefficient (Wildman–Crippen LogP) is 1.16. The third-order valence-corrected chi connectivity index (χ3v) is 2.44. The van der Waals surface area contributed by atoms with Crippen molar-refractivity contribution in [3.05, 3.63) is 23.4 Å². The molecule has 0 bridgehead atoms. The van der Waals surface area contributed by atoms with Crippen molar-refractivity contribution in [3.8, 4) is 0 Å². The van der Waals surface area contributed by atoms with Crippen molar-refractivity contribution in [3.63, 3.8) is 0 Å². The summed E-state index contributed by atoms with van der Waals surface area (Å²) >= 11 is 5.74. The lowest BCUT2D eigenvalue weighted by atomic mass is 10.3. The van der Waals surface area contributed by atoms with Gasteiger partial charge in [0.05, 0.1) is 5.54 Å². The zero-order valence-electron chi connectivity index (χ0n) is 7.46. The fourth-order valence-corrected chi connectivity index (χ4v) is 1.24. The first-order valence-corrected chi connectivity index (χ1v) is 4.70. The second-order valence-corrected chi connectivity index (χ2v) is 3.91. The molecule has 0 radical (unpaired) electrons. The Hall–Kier alpha value is -1.13. The van der Waals surface area contributed by atoms with Gasteiger partial charge in [-0.1, -0.05) is 11.6 Å². The van der Waals surface area contributed by atoms with Crippen molar-refractivity contribution in [1.29, 1.82) is 0 Å². The second kappa shape index (κ2) is 3.22. The van der Waals surface area contributed by atoms with Crippen molar-refractivity contribution in [1.82, 2.24) is 4.98 Å². The number of halogens is 1. The van der Waals surface area contributed by atoms with Crippen LogP contribution in [0.2, 0.25) is 5.02 Å². The molecular weight excluding hydrogens is 202 g/mol. The van der Waals surface area contributed by atoms with Crippen LogP contribution in [0, 0.1) is 0 Å². The van der Waals surface area contributed by atoms with Crippen molar-refractivity contribution in [2.24, 2.45) is 5.73 Å². The van der Waals surface area contributed by atoms with Gasteiger partial charge in [-0.3, -0.25) is 4.79 Å². The highest BCUT2D eigenvalue weighted by atomic mass is 35.5. The van der Waals surface area contributed by atoms with E-state index in [4.69, 9.17) is 17.3 Å². The Morgan fingerprint density at radius 2 is 2.36 bits per heavy atom. The molecule has 0 aromatic carbocycles. The Morgan fingerprint density at radius 1 is 1.64 bits per heavy atom. The summed E-state index contributed by atoms with van der Waals surface area (Å²) in [5.74, 6) is 0.256. The summed E-state index contributed by atoms with van der Waals surface area (Å²) < 4.78 is 0. The Balaban J connectivity index is 2.07. The van der Waals surface area contributed by atoms with Crippen LogP contribution in [0.4, 0.5) is 5.82 Å². The van der Waals surface area contributed by atoms with E-state index in [0.29, 0.717) is 10.8 Å². The van der Waals surface area contributed by atoms with E-state index in [0.717, 1.165) is 12.8 Å². The molecule has 5 heteroatoms. The summed E-state index contributed by atoms with van der Waals surface area (Å²) in [5, 5.41) is 3.16. The van der Waals surface area contributed by atoms with Gasteiger partial charge < -0.3 is 11.1 Å². The van der Waals surface area contributed by atoms with Crippen LogP contribution in [0.25, 0.3) is 0 Å². The minimum atomic E-state index is -0.677. The molecule has 1 fully saturated rings. The average molecular weight is 212 g/mol. The number of hydrogen-bond acceptors (Lipinski definition) is 3. The lowest BCUT2D eigenvalue weighted by Crippen LogP contribution is -2.38. The van der Waals surface area contributed by atoms with Crippen molar-refractivity contribution >= 4 is 23.3 Å². The maximum absolute atomic E-state index is 11.5. The van der Waals surface area contributed by atoms with E-state index in [1.54, 1.807) is 12.1 Å². The van der Waals surface area contributed by atoms with Crippen LogP contribution in [0.1, 0.15) is 12.8 Å². The number of nitrogens with two attached hydrogens (primary N) is 1. The van der Waals surface area contributed by atoms with E-state index < -0.39 is 5.54 Å². The molecule has 3 N–H and O–H groups in total. The summed E-state index contributed by atoms with van der Waals surface area (Å²) in [6.45, 7) is 0. The van der Waals surface area contributed by atoms with Crippen LogP contribution < -0.4 is 11.1 Å². The van der Waals surface area contributed by atoms with Gasteiger partial charge in [-0.25, -0.2) is 4.98 Å². The Morgan fingerprint density at radius 3 is 2.93 bits per heavy atom.